The number of imide groups is 2. The number of rotatable bonds is 1. The standard InChI is InChI=1S/C12H9BrN2O3/c13-7-1-3-8(4-2-7)15-10(17)12(5-6-12)9(16)14-11(15)18/h1-4H,5-6H2,(H,14,16,18). The van der Waals surface area contributed by atoms with Gasteiger partial charge in [-0.05, 0) is 37.1 Å². The Hall–Kier alpha value is -1.69. The lowest BCUT2D eigenvalue weighted by Gasteiger charge is -2.30. The topological polar surface area (TPSA) is 66.5 Å². The maximum absolute atomic E-state index is 12.2. The second-order valence-corrected chi connectivity index (χ2v) is 5.37. The molecule has 1 aliphatic heterocycles. The largest absolute Gasteiger partial charge is 0.335 e. The van der Waals surface area contributed by atoms with E-state index in [0.29, 0.717) is 18.5 Å². The number of hydrogen-bond acceptors (Lipinski definition) is 3. The summed E-state index contributed by atoms with van der Waals surface area (Å²) in [5, 5.41) is 2.24. The monoisotopic (exact) mass is 308 g/mol. The second kappa shape index (κ2) is 3.65. The number of anilines is 1. The van der Waals surface area contributed by atoms with Gasteiger partial charge in [-0.1, -0.05) is 15.9 Å². The summed E-state index contributed by atoms with van der Waals surface area (Å²) in [5.74, 6) is -0.885. The number of carbonyl (C=O) groups excluding carboxylic acids is 3. The van der Waals surface area contributed by atoms with Crippen molar-refractivity contribution in [3.05, 3.63) is 28.7 Å². The molecule has 1 saturated heterocycles. The predicted molar refractivity (Wildman–Crippen MR) is 66.8 cm³/mol. The van der Waals surface area contributed by atoms with E-state index in [1.54, 1.807) is 24.3 Å². The Morgan fingerprint density at radius 2 is 1.72 bits per heavy atom. The van der Waals surface area contributed by atoms with Gasteiger partial charge in [0.1, 0.15) is 5.41 Å². The van der Waals surface area contributed by atoms with Crippen LogP contribution in [0.4, 0.5) is 10.5 Å². The van der Waals surface area contributed by atoms with Crippen LogP contribution in [0.25, 0.3) is 0 Å². The molecule has 1 aliphatic carbocycles. The molecule has 3 rings (SSSR count). The van der Waals surface area contributed by atoms with Crippen LogP contribution in [0.15, 0.2) is 28.7 Å². The molecule has 0 radical (unpaired) electrons. The van der Waals surface area contributed by atoms with Crippen LogP contribution in [-0.2, 0) is 9.59 Å². The van der Waals surface area contributed by atoms with Gasteiger partial charge in [0.2, 0.25) is 5.91 Å². The molecule has 5 nitrogen and oxygen atoms in total. The Labute approximate surface area is 111 Å². The molecule has 2 fully saturated rings. The van der Waals surface area contributed by atoms with Crippen molar-refractivity contribution in [2.45, 2.75) is 12.8 Å². The fourth-order valence-electron chi connectivity index (χ4n) is 2.07. The first-order valence-electron chi connectivity index (χ1n) is 5.50. The molecule has 92 valence electrons. The number of benzene rings is 1. The van der Waals surface area contributed by atoms with Gasteiger partial charge in [0.15, 0.2) is 0 Å². The molecule has 1 aromatic rings. The van der Waals surface area contributed by atoms with E-state index in [1.165, 1.54) is 0 Å². The normalized spacial score (nSPS) is 21.2. The molecule has 0 aromatic heterocycles. The molecule has 6 heteroatoms. The highest BCUT2D eigenvalue weighted by molar-refractivity contribution is 9.10. The Morgan fingerprint density at radius 3 is 2.28 bits per heavy atom. The summed E-state index contributed by atoms with van der Waals surface area (Å²) in [7, 11) is 0. The number of nitrogens with zero attached hydrogens (tertiary/aromatic N) is 1. The molecule has 1 heterocycles. The molecule has 1 aromatic carbocycles. The number of halogens is 1. The van der Waals surface area contributed by atoms with Crippen LogP contribution in [0.2, 0.25) is 0 Å². The molecular weight excluding hydrogens is 300 g/mol. The SMILES string of the molecule is O=C1NC(=O)C2(CC2)C(=O)N1c1ccc(Br)cc1. The lowest BCUT2D eigenvalue weighted by molar-refractivity contribution is -0.136. The lowest BCUT2D eigenvalue weighted by Crippen LogP contribution is -2.59. The number of nitrogens with one attached hydrogen (secondary N) is 1. The van der Waals surface area contributed by atoms with Gasteiger partial charge in [0.25, 0.3) is 5.91 Å². The van der Waals surface area contributed by atoms with E-state index in [0.717, 1.165) is 9.37 Å². The van der Waals surface area contributed by atoms with Crippen molar-refractivity contribution in [3.8, 4) is 0 Å². The predicted octanol–water partition coefficient (Wildman–Crippen LogP) is 1.81. The summed E-state index contributed by atoms with van der Waals surface area (Å²) in [5.41, 5.74) is -0.527. The van der Waals surface area contributed by atoms with Gasteiger partial charge in [-0.3, -0.25) is 14.9 Å². The van der Waals surface area contributed by atoms with E-state index in [1.807, 2.05) is 0 Å². The van der Waals surface area contributed by atoms with Crippen LogP contribution in [0.1, 0.15) is 12.8 Å². The minimum absolute atomic E-state index is 0.418. The average molecular weight is 309 g/mol. The van der Waals surface area contributed by atoms with Gasteiger partial charge in [-0.25, -0.2) is 9.69 Å². The smallest absolute Gasteiger partial charge is 0.276 e. The first-order chi connectivity index (χ1) is 8.54. The van der Waals surface area contributed by atoms with Crippen LogP contribution in [-0.4, -0.2) is 17.8 Å². The molecule has 2 aliphatic rings. The zero-order valence-corrected chi connectivity index (χ0v) is 10.9. The lowest BCUT2D eigenvalue weighted by atomic mass is 10.0. The summed E-state index contributed by atoms with van der Waals surface area (Å²) < 4.78 is 0.855. The highest BCUT2D eigenvalue weighted by atomic mass is 79.9. The molecule has 18 heavy (non-hydrogen) atoms. The van der Waals surface area contributed by atoms with Crippen molar-refractivity contribution in [2.24, 2.45) is 5.41 Å². The second-order valence-electron chi connectivity index (χ2n) is 4.46. The number of carbonyl (C=O) groups is 3. The molecule has 0 atom stereocenters. The number of urea groups is 1. The number of amides is 4. The minimum atomic E-state index is -0.999. The first-order valence-corrected chi connectivity index (χ1v) is 6.29. The molecule has 4 amide bonds. The minimum Gasteiger partial charge on any atom is -0.276 e. The van der Waals surface area contributed by atoms with Crippen LogP contribution in [0, 0.1) is 5.41 Å². The highest BCUT2D eigenvalue weighted by Crippen LogP contribution is 2.49. The summed E-state index contributed by atoms with van der Waals surface area (Å²) in [4.78, 5) is 36.7. The van der Waals surface area contributed by atoms with Crippen LogP contribution >= 0.6 is 15.9 Å². The quantitative estimate of drug-likeness (QED) is 0.805. The van der Waals surface area contributed by atoms with E-state index in [4.69, 9.17) is 0 Å². The third-order valence-electron chi connectivity index (χ3n) is 3.31. The molecule has 1 N–H and O–H groups in total. The van der Waals surface area contributed by atoms with Crippen molar-refractivity contribution in [3.63, 3.8) is 0 Å². The van der Waals surface area contributed by atoms with Crippen LogP contribution in [0.5, 0.6) is 0 Å². The van der Waals surface area contributed by atoms with Crippen LogP contribution < -0.4 is 10.2 Å². The van der Waals surface area contributed by atoms with E-state index >= 15 is 0 Å². The summed E-state index contributed by atoms with van der Waals surface area (Å²) >= 11 is 3.29. The highest BCUT2D eigenvalue weighted by Gasteiger charge is 2.62. The third kappa shape index (κ3) is 1.49. The Morgan fingerprint density at radius 1 is 1.11 bits per heavy atom. The summed E-state index contributed by atoms with van der Waals surface area (Å²) in [6.07, 6.45) is 1.02. The first kappa shape index (κ1) is 11.4. The van der Waals surface area contributed by atoms with E-state index in [-0.39, 0.29) is 0 Å². The van der Waals surface area contributed by atoms with Gasteiger partial charge in [-0.15, -0.1) is 0 Å². The zero-order valence-electron chi connectivity index (χ0n) is 9.27. The molecular formula is C12H9BrN2O3. The Kier molecular flexibility index (Phi) is 2.31. The molecule has 0 bridgehead atoms. The third-order valence-corrected chi connectivity index (χ3v) is 3.83. The summed E-state index contributed by atoms with van der Waals surface area (Å²) in [6, 6.07) is 6.13. The van der Waals surface area contributed by atoms with Crippen LogP contribution in [0.3, 0.4) is 0 Å². The zero-order chi connectivity index (χ0) is 12.9. The van der Waals surface area contributed by atoms with Crippen molar-refractivity contribution in [2.75, 3.05) is 4.90 Å². The van der Waals surface area contributed by atoms with E-state index < -0.39 is 23.3 Å². The Balaban J connectivity index is 2.00. The van der Waals surface area contributed by atoms with Gasteiger partial charge in [0, 0.05) is 4.47 Å². The van der Waals surface area contributed by atoms with Gasteiger partial charge < -0.3 is 0 Å². The van der Waals surface area contributed by atoms with Gasteiger partial charge in [0.05, 0.1) is 5.69 Å². The van der Waals surface area contributed by atoms with Crippen molar-refractivity contribution < 1.29 is 14.4 Å². The van der Waals surface area contributed by atoms with E-state index in [2.05, 4.69) is 21.2 Å². The number of hydrogen-bond donors (Lipinski definition) is 1. The molecule has 1 saturated carbocycles. The fourth-order valence-corrected chi connectivity index (χ4v) is 2.33. The molecule has 1 spiro atoms. The average Bonchev–Trinajstić information content (AvgIpc) is 3.11. The fraction of sp³-hybridized carbons (Fsp3) is 0.250. The van der Waals surface area contributed by atoms with Crippen molar-refractivity contribution >= 4 is 39.5 Å². The van der Waals surface area contributed by atoms with Gasteiger partial charge in [-0.2, -0.15) is 0 Å². The van der Waals surface area contributed by atoms with Gasteiger partial charge >= 0.3 is 6.03 Å². The Bertz CT molecular complexity index is 563. The van der Waals surface area contributed by atoms with Crippen molar-refractivity contribution in [1.29, 1.82) is 0 Å². The van der Waals surface area contributed by atoms with E-state index in [9.17, 15) is 14.4 Å². The summed E-state index contributed by atoms with van der Waals surface area (Å²) in [6.45, 7) is 0. The number of barbiturate groups is 1. The molecule has 0 unspecified atom stereocenters. The van der Waals surface area contributed by atoms with Crippen molar-refractivity contribution in [1.82, 2.24) is 5.32 Å². The maximum Gasteiger partial charge on any atom is 0.335 e. The maximum atomic E-state index is 12.2.